The van der Waals surface area contributed by atoms with E-state index in [4.69, 9.17) is 9.47 Å². The Balaban J connectivity index is 2.88. The van der Waals surface area contributed by atoms with Crippen LogP contribution in [0.2, 0.25) is 0 Å². The van der Waals surface area contributed by atoms with Gasteiger partial charge in [0.05, 0.1) is 19.9 Å². The van der Waals surface area contributed by atoms with Crippen LogP contribution in [0.1, 0.15) is 48.9 Å². The summed E-state index contributed by atoms with van der Waals surface area (Å²) in [6.07, 6.45) is -2.29. The van der Waals surface area contributed by atoms with E-state index in [1.165, 1.54) is 40.4 Å². The molecule has 0 amide bonds. The van der Waals surface area contributed by atoms with Crippen LogP contribution in [-0.2, 0) is 14.8 Å². The number of hydrogen-bond acceptors (Lipinski definition) is 6. The molecule has 0 bridgehead atoms. The number of esters is 1. The number of ether oxygens (including phenoxy) is 2. The Morgan fingerprint density at radius 3 is 2.20 bits per heavy atom. The Kier molecular flexibility index (Phi) is 9.89. The Morgan fingerprint density at radius 2 is 1.67 bits per heavy atom. The monoisotopic (exact) mass is 454 g/mol. The summed E-state index contributed by atoms with van der Waals surface area (Å²) in [7, 11) is 1.23. The maximum Gasteiger partial charge on any atom is 0.389 e. The maximum absolute atomic E-state index is 12.8. The first-order valence-corrected chi connectivity index (χ1v) is 10.9. The molecule has 0 unspecified atom stereocenters. The Hall–Kier alpha value is -2.01. The minimum absolute atomic E-state index is 0.0179. The molecule has 0 saturated heterocycles. The molecule has 1 N–H and O–H groups in total. The second-order valence-corrected chi connectivity index (χ2v) is 8.95. The molecule has 0 aliphatic heterocycles. The van der Waals surface area contributed by atoms with Crippen molar-refractivity contribution in [3.05, 3.63) is 17.7 Å². The van der Waals surface area contributed by atoms with Gasteiger partial charge in [-0.1, -0.05) is 19.3 Å². The van der Waals surface area contributed by atoms with E-state index in [0.717, 1.165) is 4.31 Å². The lowest BCUT2D eigenvalue weighted by Gasteiger charge is -2.20. The first-order chi connectivity index (χ1) is 14.0. The lowest BCUT2D eigenvalue weighted by molar-refractivity contribution is -0.135. The number of carbonyl (C=O) groups is 1. The van der Waals surface area contributed by atoms with Gasteiger partial charge in [-0.2, -0.15) is 13.2 Å². The van der Waals surface area contributed by atoms with Crippen molar-refractivity contribution in [1.82, 2.24) is 4.31 Å². The van der Waals surface area contributed by atoms with Gasteiger partial charge in [0, 0.05) is 27.1 Å². The Labute approximate surface area is 175 Å². The summed E-state index contributed by atoms with van der Waals surface area (Å²) in [6, 6.07) is 2.88. The standard InChI is InChI=1S/C19H29F3N2O5S/c1-24(2)30(26,27)17-15(11-10-14(16(17)28-3)18(25)29-4)23-13-9-7-5-6-8-12-19(20,21)22/h10-11,23H,5-9,12-13H2,1-4H3. The number of carbonyl (C=O) groups excluding carboxylic acids is 1. The molecule has 0 radical (unpaired) electrons. The van der Waals surface area contributed by atoms with Crippen molar-refractivity contribution in [2.75, 3.05) is 40.2 Å². The molecule has 0 aliphatic carbocycles. The van der Waals surface area contributed by atoms with Crippen molar-refractivity contribution in [2.24, 2.45) is 0 Å². The highest BCUT2D eigenvalue weighted by atomic mass is 32.2. The van der Waals surface area contributed by atoms with Gasteiger partial charge >= 0.3 is 12.1 Å². The second kappa shape index (κ2) is 11.4. The average Bonchev–Trinajstić information content (AvgIpc) is 2.67. The molecule has 0 spiro atoms. The van der Waals surface area contributed by atoms with Crippen molar-refractivity contribution >= 4 is 21.7 Å². The Bertz CT molecular complexity index is 811. The highest BCUT2D eigenvalue weighted by Crippen LogP contribution is 2.36. The van der Waals surface area contributed by atoms with Crippen LogP contribution >= 0.6 is 0 Å². The third-order valence-electron chi connectivity index (χ3n) is 4.41. The van der Waals surface area contributed by atoms with Gasteiger partial charge < -0.3 is 14.8 Å². The molecule has 30 heavy (non-hydrogen) atoms. The summed E-state index contributed by atoms with van der Waals surface area (Å²) in [5.41, 5.74) is 0.251. The number of unbranched alkanes of at least 4 members (excludes halogenated alkanes) is 4. The van der Waals surface area contributed by atoms with Crippen molar-refractivity contribution in [1.29, 1.82) is 0 Å². The lowest BCUT2D eigenvalue weighted by atomic mass is 10.1. The van der Waals surface area contributed by atoms with Crippen LogP contribution in [0.15, 0.2) is 17.0 Å². The number of sulfonamides is 1. The topological polar surface area (TPSA) is 84.9 Å². The smallest absolute Gasteiger partial charge is 0.389 e. The molecule has 0 aliphatic rings. The van der Waals surface area contributed by atoms with Crippen molar-refractivity contribution < 1.29 is 35.9 Å². The molecule has 0 aromatic heterocycles. The summed E-state index contributed by atoms with van der Waals surface area (Å²) in [5, 5.41) is 3.03. The van der Waals surface area contributed by atoms with Gasteiger partial charge in [0.1, 0.15) is 10.5 Å². The highest BCUT2D eigenvalue weighted by molar-refractivity contribution is 7.89. The summed E-state index contributed by atoms with van der Waals surface area (Å²) < 4.78 is 73.0. The van der Waals surface area contributed by atoms with Crippen LogP contribution in [0, 0.1) is 0 Å². The molecule has 1 aromatic rings. The zero-order valence-corrected chi connectivity index (χ0v) is 18.5. The number of nitrogens with one attached hydrogen (secondary N) is 1. The minimum atomic E-state index is -4.12. The first-order valence-electron chi connectivity index (χ1n) is 9.48. The van der Waals surface area contributed by atoms with Gasteiger partial charge in [-0.15, -0.1) is 0 Å². The molecule has 0 heterocycles. The van der Waals surface area contributed by atoms with E-state index in [-0.39, 0.29) is 28.3 Å². The fraction of sp³-hybridized carbons (Fsp3) is 0.632. The van der Waals surface area contributed by atoms with E-state index in [9.17, 15) is 26.4 Å². The average molecular weight is 455 g/mol. The van der Waals surface area contributed by atoms with Crippen LogP contribution in [0.25, 0.3) is 0 Å². The van der Waals surface area contributed by atoms with Crippen LogP contribution in [-0.4, -0.2) is 59.7 Å². The second-order valence-electron chi connectivity index (χ2n) is 6.86. The predicted octanol–water partition coefficient (Wildman–Crippen LogP) is 4.05. The van der Waals surface area contributed by atoms with E-state index in [1.807, 2.05) is 0 Å². The summed E-state index contributed by atoms with van der Waals surface area (Å²) in [5.74, 6) is -0.847. The van der Waals surface area contributed by atoms with Crippen molar-refractivity contribution in [2.45, 2.75) is 49.6 Å². The largest absolute Gasteiger partial charge is 0.494 e. The number of hydrogen-bond donors (Lipinski definition) is 1. The van der Waals surface area contributed by atoms with E-state index < -0.39 is 28.6 Å². The predicted molar refractivity (Wildman–Crippen MR) is 107 cm³/mol. The van der Waals surface area contributed by atoms with Crippen molar-refractivity contribution in [3.8, 4) is 5.75 Å². The fourth-order valence-corrected chi connectivity index (χ4v) is 4.03. The molecule has 0 fully saturated rings. The van der Waals surface area contributed by atoms with Gasteiger partial charge in [0.25, 0.3) is 0 Å². The number of benzene rings is 1. The first kappa shape index (κ1) is 26.0. The molecule has 0 saturated carbocycles. The van der Waals surface area contributed by atoms with Crippen LogP contribution in [0.3, 0.4) is 0 Å². The molecule has 0 atom stereocenters. The number of alkyl halides is 3. The molecule has 172 valence electrons. The van der Waals surface area contributed by atoms with E-state index in [2.05, 4.69) is 5.32 Å². The minimum Gasteiger partial charge on any atom is -0.494 e. The SMILES string of the molecule is COC(=O)c1ccc(NCCCCCCCC(F)(F)F)c(S(=O)(=O)N(C)C)c1OC. The fourth-order valence-electron chi connectivity index (χ4n) is 2.82. The Morgan fingerprint density at radius 1 is 1.07 bits per heavy atom. The number of nitrogens with zero attached hydrogens (tertiary/aromatic N) is 1. The molecule has 1 aromatic carbocycles. The zero-order chi connectivity index (χ0) is 22.9. The van der Waals surface area contributed by atoms with Gasteiger partial charge in [0.2, 0.25) is 10.0 Å². The molecule has 11 heteroatoms. The molecular formula is C19H29F3N2O5S. The summed E-state index contributed by atoms with van der Waals surface area (Å²) in [4.78, 5) is 11.8. The van der Waals surface area contributed by atoms with Gasteiger partial charge in [-0.25, -0.2) is 17.5 Å². The third-order valence-corrected chi connectivity index (χ3v) is 6.30. The van der Waals surface area contributed by atoms with E-state index in [0.29, 0.717) is 32.2 Å². The number of methoxy groups -OCH3 is 2. The summed E-state index contributed by atoms with van der Waals surface area (Å²) in [6.45, 7) is 0.413. The van der Waals surface area contributed by atoms with E-state index >= 15 is 0 Å². The van der Waals surface area contributed by atoms with Gasteiger partial charge in [-0.05, 0) is 25.0 Å². The van der Waals surface area contributed by atoms with Gasteiger partial charge in [0.15, 0.2) is 5.75 Å². The van der Waals surface area contributed by atoms with Crippen LogP contribution < -0.4 is 10.1 Å². The van der Waals surface area contributed by atoms with E-state index in [1.54, 1.807) is 0 Å². The maximum atomic E-state index is 12.8. The molecule has 7 nitrogen and oxygen atoms in total. The number of rotatable bonds is 12. The van der Waals surface area contributed by atoms with Crippen LogP contribution in [0.5, 0.6) is 5.75 Å². The zero-order valence-electron chi connectivity index (χ0n) is 17.6. The quantitative estimate of drug-likeness (QED) is 0.379. The highest BCUT2D eigenvalue weighted by Gasteiger charge is 2.30. The molecular weight excluding hydrogens is 425 g/mol. The normalized spacial score (nSPS) is 12.1. The van der Waals surface area contributed by atoms with Crippen LogP contribution in [0.4, 0.5) is 18.9 Å². The van der Waals surface area contributed by atoms with Crippen molar-refractivity contribution in [3.63, 3.8) is 0 Å². The lowest BCUT2D eigenvalue weighted by Crippen LogP contribution is -2.25. The number of halogens is 3. The van der Waals surface area contributed by atoms with Gasteiger partial charge in [-0.3, -0.25) is 0 Å². The number of anilines is 1. The third kappa shape index (κ3) is 7.35. The summed E-state index contributed by atoms with van der Waals surface area (Å²) >= 11 is 0. The molecule has 1 rings (SSSR count).